The molecule has 1 aromatic carbocycles. The van der Waals surface area contributed by atoms with Crippen LogP contribution in [0, 0.1) is 0 Å². The fourth-order valence-electron chi connectivity index (χ4n) is 4.29. The van der Waals surface area contributed by atoms with Gasteiger partial charge in [-0.1, -0.05) is 18.2 Å². The van der Waals surface area contributed by atoms with Gasteiger partial charge in [-0.15, -0.1) is 0 Å². The highest BCUT2D eigenvalue weighted by Crippen LogP contribution is 2.36. The molecule has 2 fully saturated rings. The van der Waals surface area contributed by atoms with Crippen LogP contribution in [0.4, 0.5) is 0 Å². The molecule has 3 heterocycles. The summed E-state index contributed by atoms with van der Waals surface area (Å²) in [6.45, 7) is 3.90. The maximum Gasteiger partial charge on any atom is 0.339 e. The second-order valence-electron chi connectivity index (χ2n) is 7.74. The lowest BCUT2D eigenvalue weighted by Crippen LogP contribution is -2.43. The van der Waals surface area contributed by atoms with Gasteiger partial charge in [-0.3, -0.25) is 0 Å². The minimum absolute atomic E-state index is 0.00223. The van der Waals surface area contributed by atoms with Crippen molar-refractivity contribution >= 4 is 16.9 Å². The molecule has 0 amide bonds. The molecular weight excluding hydrogens is 328 g/mol. The van der Waals surface area contributed by atoms with Crippen molar-refractivity contribution in [3.05, 3.63) is 35.9 Å². The van der Waals surface area contributed by atoms with Crippen molar-refractivity contribution < 1.29 is 14.3 Å². The minimum Gasteiger partial charge on any atom is -0.475 e. The van der Waals surface area contributed by atoms with Gasteiger partial charge < -0.3 is 14.4 Å². The SMILES string of the molecule is CC(C)Oc1cc(C(=O)OC2C[C@H]3CC[C@@H](C2)N3C)c2ccccc2n1. The van der Waals surface area contributed by atoms with Gasteiger partial charge in [-0.25, -0.2) is 9.78 Å². The van der Waals surface area contributed by atoms with Crippen LogP contribution in [0.15, 0.2) is 30.3 Å². The van der Waals surface area contributed by atoms with E-state index in [1.54, 1.807) is 6.07 Å². The average molecular weight is 354 g/mol. The first-order chi connectivity index (χ1) is 12.5. The fourth-order valence-corrected chi connectivity index (χ4v) is 4.29. The van der Waals surface area contributed by atoms with E-state index in [9.17, 15) is 4.79 Å². The summed E-state index contributed by atoms with van der Waals surface area (Å²) in [5.41, 5.74) is 1.29. The molecule has 0 radical (unpaired) electrons. The van der Waals surface area contributed by atoms with Crippen molar-refractivity contribution in [2.75, 3.05) is 7.05 Å². The van der Waals surface area contributed by atoms with Gasteiger partial charge >= 0.3 is 5.97 Å². The Hall–Kier alpha value is -2.14. The van der Waals surface area contributed by atoms with Crippen LogP contribution < -0.4 is 4.74 Å². The zero-order chi connectivity index (χ0) is 18.3. The van der Waals surface area contributed by atoms with Crippen molar-refractivity contribution in [2.45, 2.75) is 63.8 Å². The van der Waals surface area contributed by atoms with Crippen molar-refractivity contribution in [2.24, 2.45) is 0 Å². The predicted octanol–water partition coefficient (Wildman–Crippen LogP) is 3.80. The summed E-state index contributed by atoms with van der Waals surface area (Å²) in [5.74, 6) is 0.195. The fraction of sp³-hybridized carbons (Fsp3) is 0.524. The number of carbonyl (C=O) groups excluding carboxylic acids is 1. The van der Waals surface area contributed by atoms with Crippen LogP contribution in [0.2, 0.25) is 0 Å². The number of ether oxygens (including phenoxy) is 2. The topological polar surface area (TPSA) is 51.7 Å². The number of fused-ring (bicyclic) bond motifs is 3. The highest BCUT2D eigenvalue weighted by molar-refractivity contribution is 6.03. The van der Waals surface area contributed by atoms with Crippen LogP contribution in [0.1, 0.15) is 49.9 Å². The maximum atomic E-state index is 13.0. The molecule has 138 valence electrons. The number of para-hydroxylation sites is 1. The van der Waals surface area contributed by atoms with E-state index in [1.165, 1.54) is 12.8 Å². The third kappa shape index (κ3) is 3.28. The van der Waals surface area contributed by atoms with E-state index in [4.69, 9.17) is 9.47 Å². The van der Waals surface area contributed by atoms with E-state index < -0.39 is 0 Å². The molecule has 2 bridgehead atoms. The van der Waals surface area contributed by atoms with Crippen molar-refractivity contribution in [1.29, 1.82) is 0 Å². The van der Waals surface area contributed by atoms with Gasteiger partial charge in [0.2, 0.25) is 5.88 Å². The highest BCUT2D eigenvalue weighted by Gasteiger charge is 2.40. The molecule has 1 aromatic heterocycles. The summed E-state index contributed by atoms with van der Waals surface area (Å²) < 4.78 is 11.7. The third-order valence-electron chi connectivity index (χ3n) is 5.60. The highest BCUT2D eigenvalue weighted by atomic mass is 16.5. The Labute approximate surface area is 154 Å². The molecule has 0 aliphatic carbocycles. The summed E-state index contributed by atoms with van der Waals surface area (Å²) >= 11 is 0. The lowest BCUT2D eigenvalue weighted by Gasteiger charge is -2.35. The van der Waals surface area contributed by atoms with E-state index in [-0.39, 0.29) is 18.2 Å². The van der Waals surface area contributed by atoms with Gasteiger partial charge in [0.15, 0.2) is 0 Å². The smallest absolute Gasteiger partial charge is 0.339 e. The van der Waals surface area contributed by atoms with E-state index in [0.717, 1.165) is 23.7 Å². The van der Waals surface area contributed by atoms with Gasteiger partial charge in [-0.2, -0.15) is 0 Å². The molecule has 5 nitrogen and oxygen atoms in total. The Morgan fingerprint density at radius 3 is 2.58 bits per heavy atom. The average Bonchev–Trinajstić information content (AvgIpc) is 2.81. The molecule has 4 rings (SSSR count). The van der Waals surface area contributed by atoms with Crippen LogP contribution in [0.3, 0.4) is 0 Å². The first-order valence-electron chi connectivity index (χ1n) is 9.50. The molecule has 0 saturated carbocycles. The lowest BCUT2D eigenvalue weighted by atomic mass is 10.0. The molecule has 1 unspecified atom stereocenters. The Bertz CT molecular complexity index is 806. The third-order valence-corrected chi connectivity index (χ3v) is 5.60. The van der Waals surface area contributed by atoms with Gasteiger partial charge in [0.1, 0.15) is 6.10 Å². The number of rotatable bonds is 4. The predicted molar refractivity (Wildman–Crippen MR) is 101 cm³/mol. The normalized spacial score (nSPS) is 25.6. The molecular formula is C21H26N2O3. The van der Waals surface area contributed by atoms with Crippen molar-refractivity contribution in [1.82, 2.24) is 9.88 Å². The summed E-state index contributed by atoms with van der Waals surface area (Å²) in [6.07, 6.45) is 4.27. The standard InChI is InChI=1S/C21H26N2O3/c1-13(2)25-20-12-18(17-6-4-5-7-19(17)22-20)21(24)26-16-10-14-8-9-15(11-16)23(14)3/h4-7,12-16H,8-11H2,1-3H3/t14-,15+,16?. The molecule has 0 spiro atoms. The number of piperidine rings is 1. The van der Waals surface area contributed by atoms with Crippen LogP contribution in [0.25, 0.3) is 10.9 Å². The Kier molecular flexibility index (Phi) is 4.57. The first kappa shape index (κ1) is 17.3. The molecule has 2 aromatic rings. The van der Waals surface area contributed by atoms with Gasteiger partial charge in [0.25, 0.3) is 0 Å². The van der Waals surface area contributed by atoms with Crippen LogP contribution in [0.5, 0.6) is 5.88 Å². The molecule has 2 aliphatic heterocycles. The van der Waals surface area contributed by atoms with Gasteiger partial charge in [-0.05, 0) is 39.8 Å². The monoisotopic (exact) mass is 354 g/mol. The lowest BCUT2D eigenvalue weighted by molar-refractivity contribution is -0.000321. The summed E-state index contributed by atoms with van der Waals surface area (Å²) in [7, 11) is 2.19. The van der Waals surface area contributed by atoms with Crippen LogP contribution in [-0.4, -0.2) is 47.2 Å². The van der Waals surface area contributed by atoms with E-state index in [2.05, 4.69) is 16.9 Å². The zero-order valence-electron chi connectivity index (χ0n) is 15.6. The summed E-state index contributed by atoms with van der Waals surface area (Å²) in [5, 5.41) is 0.810. The second kappa shape index (κ2) is 6.88. The van der Waals surface area contributed by atoms with E-state index in [0.29, 0.717) is 23.5 Å². The van der Waals surface area contributed by atoms with Gasteiger partial charge in [0, 0.05) is 36.4 Å². The molecule has 2 aliphatic rings. The number of pyridine rings is 1. The number of aromatic nitrogens is 1. The van der Waals surface area contributed by atoms with E-state index >= 15 is 0 Å². The molecule has 5 heteroatoms. The maximum absolute atomic E-state index is 13.0. The van der Waals surface area contributed by atoms with Crippen molar-refractivity contribution in [3.8, 4) is 5.88 Å². The minimum atomic E-state index is -0.272. The largest absolute Gasteiger partial charge is 0.475 e. The number of nitrogens with zero attached hydrogens (tertiary/aromatic N) is 2. The number of carbonyl (C=O) groups is 1. The Morgan fingerprint density at radius 1 is 1.19 bits per heavy atom. The number of hydrogen-bond acceptors (Lipinski definition) is 5. The van der Waals surface area contributed by atoms with Crippen LogP contribution in [-0.2, 0) is 4.74 Å². The first-order valence-corrected chi connectivity index (χ1v) is 9.50. The molecule has 0 N–H and O–H groups in total. The summed E-state index contributed by atoms with van der Waals surface area (Å²) in [4.78, 5) is 19.9. The number of esters is 1. The number of benzene rings is 1. The number of hydrogen-bond donors (Lipinski definition) is 0. The van der Waals surface area contributed by atoms with Crippen LogP contribution >= 0.6 is 0 Å². The quantitative estimate of drug-likeness (QED) is 0.782. The summed E-state index contributed by atoms with van der Waals surface area (Å²) in [6, 6.07) is 10.4. The van der Waals surface area contributed by atoms with Crippen molar-refractivity contribution in [3.63, 3.8) is 0 Å². The molecule has 2 saturated heterocycles. The Balaban J connectivity index is 1.59. The van der Waals surface area contributed by atoms with E-state index in [1.807, 2.05) is 38.1 Å². The molecule has 26 heavy (non-hydrogen) atoms. The molecule has 3 atom stereocenters. The Morgan fingerprint density at radius 2 is 1.88 bits per heavy atom. The van der Waals surface area contributed by atoms with Gasteiger partial charge in [0.05, 0.1) is 17.2 Å². The zero-order valence-corrected chi connectivity index (χ0v) is 15.6. The second-order valence-corrected chi connectivity index (χ2v) is 7.74.